The van der Waals surface area contributed by atoms with Crippen LogP contribution in [0, 0.1) is 6.92 Å². The summed E-state index contributed by atoms with van der Waals surface area (Å²) in [5.74, 6) is -0.575. The van der Waals surface area contributed by atoms with Gasteiger partial charge in [0.25, 0.3) is 11.8 Å². The Morgan fingerprint density at radius 2 is 1.84 bits per heavy atom. The Morgan fingerprint density at radius 3 is 2.47 bits per heavy atom. The molecular weight excluding hydrogens is 308 g/mol. The molecule has 1 aromatic heterocycles. The number of para-hydroxylation sites is 1. The number of carbonyl (C=O) groups excluding carboxylic acids is 2. The van der Waals surface area contributed by atoms with Crippen molar-refractivity contribution in [1.82, 2.24) is 9.88 Å². The highest BCUT2D eigenvalue weighted by Gasteiger charge is 2.36. The van der Waals surface area contributed by atoms with Crippen LogP contribution in [0.2, 0.25) is 0 Å². The maximum atomic E-state index is 12.2. The normalized spacial score (nSPS) is 16.1. The van der Waals surface area contributed by atoms with Gasteiger partial charge in [-0.15, -0.1) is 0 Å². The summed E-state index contributed by atoms with van der Waals surface area (Å²) >= 11 is 3.25. The molecule has 2 aromatic rings. The fourth-order valence-corrected chi connectivity index (χ4v) is 3.06. The van der Waals surface area contributed by atoms with Crippen LogP contribution in [0.15, 0.2) is 28.7 Å². The summed E-state index contributed by atoms with van der Waals surface area (Å²) in [4.78, 5) is 28.4. The predicted octanol–water partition coefficient (Wildman–Crippen LogP) is 2.58. The Bertz CT molecular complexity index is 758. The number of amides is 2. The fourth-order valence-electron chi connectivity index (χ4n) is 2.42. The number of halogens is 1. The van der Waals surface area contributed by atoms with Crippen molar-refractivity contribution in [2.45, 2.75) is 6.92 Å². The van der Waals surface area contributed by atoms with E-state index in [2.05, 4.69) is 20.9 Å². The lowest BCUT2D eigenvalue weighted by molar-refractivity contribution is -0.134. The zero-order valence-electron chi connectivity index (χ0n) is 10.5. The van der Waals surface area contributed by atoms with E-state index in [4.69, 9.17) is 0 Å². The molecule has 1 aliphatic rings. The fraction of sp³-hybridized carbons (Fsp3) is 0.143. The Balaban J connectivity index is 2.34. The van der Waals surface area contributed by atoms with Crippen LogP contribution in [-0.2, 0) is 9.59 Å². The molecule has 0 saturated heterocycles. The minimum Gasteiger partial charge on any atom is -0.358 e. The van der Waals surface area contributed by atoms with Gasteiger partial charge < -0.3 is 4.98 Å². The number of hydrogen-bond acceptors (Lipinski definition) is 2. The van der Waals surface area contributed by atoms with Crippen molar-refractivity contribution in [3.05, 3.63) is 40.0 Å². The lowest BCUT2D eigenvalue weighted by Gasteiger charge is -2.06. The first-order chi connectivity index (χ1) is 9.02. The summed E-state index contributed by atoms with van der Waals surface area (Å²) in [6.45, 7) is 1.90. The number of carbonyl (C=O) groups is 2. The van der Waals surface area contributed by atoms with Crippen LogP contribution in [-0.4, -0.2) is 28.7 Å². The summed E-state index contributed by atoms with van der Waals surface area (Å²) in [7, 11) is 1.49. The van der Waals surface area contributed by atoms with Gasteiger partial charge in [0.05, 0.1) is 10.1 Å². The van der Waals surface area contributed by atoms with Crippen LogP contribution in [0.4, 0.5) is 0 Å². The minimum absolute atomic E-state index is 0.273. The lowest BCUT2D eigenvalue weighted by atomic mass is 10.0. The van der Waals surface area contributed by atoms with Gasteiger partial charge in [0.2, 0.25) is 0 Å². The van der Waals surface area contributed by atoms with E-state index in [1.165, 1.54) is 7.05 Å². The Morgan fingerprint density at radius 1 is 1.16 bits per heavy atom. The molecular formula is C14H11BrN2O2. The van der Waals surface area contributed by atoms with Gasteiger partial charge in [0.1, 0.15) is 0 Å². The van der Waals surface area contributed by atoms with Crippen LogP contribution in [0.1, 0.15) is 11.3 Å². The zero-order chi connectivity index (χ0) is 13.7. The van der Waals surface area contributed by atoms with E-state index in [1.807, 2.05) is 31.2 Å². The van der Waals surface area contributed by atoms with Crippen molar-refractivity contribution in [3.8, 4) is 0 Å². The molecule has 4 nitrogen and oxygen atoms in total. The van der Waals surface area contributed by atoms with Gasteiger partial charge in [-0.25, -0.2) is 0 Å². The molecule has 0 spiro atoms. The van der Waals surface area contributed by atoms with Gasteiger partial charge in [-0.05, 0) is 28.9 Å². The van der Waals surface area contributed by atoms with Crippen molar-refractivity contribution in [3.63, 3.8) is 0 Å². The SMILES string of the molecule is Cc1[nH]c2ccccc2c1C1=C(Br)C(=O)N(C)C1=O. The smallest absolute Gasteiger partial charge is 0.268 e. The first kappa shape index (κ1) is 12.2. The topological polar surface area (TPSA) is 53.2 Å². The average Bonchev–Trinajstić information content (AvgIpc) is 2.81. The molecule has 0 unspecified atom stereocenters. The molecule has 0 fully saturated rings. The van der Waals surface area contributed by atoms with E-state index >= 15 is 0 Å². The Labute approximate surface area is 118 Å². The number of aromatic nitrogens is 1. The number of nitrogens with one attached hydrogen (secondary N) is 1. The molecule has 0 saturated carbocycles. The molecule has 1 aliphatic heterocycles. The van der Waals surface area contributed by atoms with Crippen molar-refractivity contribution in [2.75, 3.05) is 7.05 Å². The van der Waals surface area contributed by atoms with E-state index in [-0.39, 0.29) is 11.8 Å². The number of nitrogens with zero attached hydrogens (tertiary/aromatic N) is 1. The zero-order valence-corrected chi connectivity index (χ0v) is 12.0. The molecule has 96 valence electrons. The molecule has 5 heteroatoms. The largest absolute Gasteiger partial charge is 0.358 e. The molecule has 2 amide bonds. The summed E-state index contributed by atoms with van der Waals surface area (Å²) in [6, 6.07) is 7.74. The van der Waals surface area contributed by atoms with Crippen LogP contribution >= 0.6 is 15.9 Å². The number of likely N-dealkylation sites (N-methyl/N-ethyl adjacent to an activating group) is 1. The molecule has 1 N–H and O–H groups in total. The molecule has 1 aromatic carbocycles. The summed E-state index contributed by atoms with van der Waals surface area (Å²) in [5, 5.41) is 0.948. The summed E-state index contributed by atoms with van der Waals surface area (Å²) < 4.78 is 0.327. The molecule has 0 radical (unpaired) electrons. The molecule has 0 aliphatic carbocycles. The van der Waals surface area contributed by atoms with Gasteiger partial charge in [-0.2, -0.15) is 0 Å². The number of aryl methyl sites for hydroxylation is 1. The summed E-state index contributed by atoms with van der Waals surface area (Å²) in [5.41, 5.74) is 3.06. The number of imide groups is 1. The Kier molecular flexibility index (Phi) is 2.60. The summed E-state index contributed by atoms with van der Waals surface area (Å²) in [6.07, 6.45) is 0. The van der Waals surface area contributed by atoms with Crippen LogP contribution in [0.5, 0.6) is 0 Å². The van der Waals surface area contributed by atoms with Gasteiger partial charge >= 0.3 is 0 Å². The first-order valence-corrected chi connectivity index (χ1v) is 6.61. The maximum Gasteiger partial charge on any atom is 0.268 e. The lowest BCUT2D eigenvalue weighted by Crippen LogP contribution is -2.26. The average molecular weight is 319 g/mol. The third kappa shape index (κ3) is 1.58. The van der Waals surface area contributed by atoms with E-state index in [1.54, 1.807) is 0 Å². The highest BCUT2D eigenvalue weighted by atomic mass is 79.9. The third-order valence-electron chi connectivity index (χ3n) is 3.37. The minimum atomic E-state index is -0.301. The number of benzene rings is 1. The van der Waals surface area contributed by atoms with E-state index in [9.17, 15) is 9.59 Å². The second kappa shape index (κ2) is 4.06. The van der Waals surface area contributed by atoms with Crippen molar-refractivity contribution >= 4 is 44.2 Å². The highest BCUT2D eigenvalue weighted by Crippen LogP contribution is 2.37. The number of H-pyrrole nitrogens is 1. The van der Waals surface area contributed by atoms with Crippen molar-refractivity contribution in [1.29, 1.82) is 0 Å². The predicted molar refractivity (Wildman–Crippen MR) is 76.7 cm³/mol. The highest BCUT2D eigenvalue weighted by molar-refractivity contribution is 9.12. The quantitative estimate of drug-likeness (QED) is 0.822. The van der Waals surface area contributed by atoms with Crippen LogP contribution < -0.4 is 0 Å². The van der Waals surface area contributed by atoms with Gasteiger partial charge in [0, 0.05) is 29.2 Å². The third-order valence-corrected chi connectivity index (χ3v) is 4.11. The number of fused-ring (bicyclic) bond motifs is 1. The van der Waals surface area contributed by atoms with Gasteiger partial charge in [0.15, 0.2) is 0 Å². The monoisotopic (exact) mass is 318 g/mol. The van der Waals surface area contributed by atoms with Crippen molar-refractivity contribution < 1.29 is 9.59 Å². The standard InChI is InChI=1S/C14H11BrN2O2/c1-7-10(8-5-3-4-6-9(8)16-7)11-12(15)14(19)17(2)13(11)18/h3-6,16H,1-2H3. The van der Waals surface area contributed by atoms with E-state index in [0.717, 1.165) is 27.1 Å². The van der Waals surface area contributed by atoms with Gasteiger partial charge in [-0.1, -0.05) is 18.2 Å². The molecule has 19 heavy (non-hydrogen) atoms. The Hall–Kier alpha value is -1.88. The van der Waals surface area contributed by atoms with Gasteiger partial charge in [-0.3, -0.25) is 14.5 Å². The maximum absolute atomic E-state index is 12.2. The number of rotatable bonds is 1. The number of aromatic amines is 1. The van der Waals surface area contributed by atoms with E-state index in [0.29, 0.717) is 10.1 Å². The van der Waals surface area contributed by atoms with Crippen LogP contribution in [0.25, 0.3) is 16.5 Å². The molecule has 0 bridgehead atoms. The molecule has 2 heterocycles. The number of hydrogen-bond donors (Lipinski definition) is 1. The second-order valence-electron chi connectivity index (χ2n) is 4.53. The second-order valence-corrected chi connectivity index (χ2v) is 5.32. The van der Waals surface area contributed by atoms with Crippen LogP contribution in [0.3, 0.4) is 0 Å². The van der Waals surface area contributed by atoms with Crippen molar-refractivity contribution in [2.24, 2.45) is 0 Å². The molecule has 0 atom stereocenters. The molecule has 3 rings (SSSR count). The first-order valence-electron chi connectivity index (χ1n) is 5.82. The van der Waals surface area contributed by atoms with E-state index < -0.39 is 0 Å².